The normalized spacial score (nSPS) is 10.7. The summed E-state index contributed by atoms with van der Waals surface area (Å²) in [6.07, 6.45) is 0.150. The maximum Gasteiger partial charge on any atom is 0.237 e. The Balaban J connectivity index is 1.53. The van der Waals surface area contributed by atoms with Crippen molar-refractivity contribution in [2.45, 2.75) is 25.4 Å². The minimum absolute atomic E-state index is 0.0313. The molecule has 2 amide bonds. The van der Waals surface area contributed by atoms with Gasteiger partial charge in [-0.1, -0.05) is 65.9 Å². The van der Waals surface area contributed by atoms with E-state index < -0.39 is 0 Å². The standard InChI is InChI=1S/C27H26N4O3S/c1-3-34-23-14-12-22(13-15-23)31-26(21-11-7-8-19(2)16-21)29-30-27(31)35-18-25(33)28-24(32)17-20-9-5-4-6-10-20/h4-16H,3,17-18H2,1-2H3,(H,28,32,33). The number of aromatic nitrogens is 3. The number of thioether (sulfide) groups is 1. The zero-order valence-electron chi connectivity index (χ0n) is 19.6. The van der Waals surface area contributed by atoms with Crippen LogP contribution in [0.1, 0.15) is 18.1 Å². The summed E-state index contributed by atoms with van der Waals surface area (Å²) in [4.78, 5) is 24.7. The number of imide groups is 1. The number of nitrogens with one attached hydrogen (secondary N) is 1. The van der Waals surface area contributed by atoms with Crippen LogP contribution in [0, 0.1) is 6.92 Å². The number of rotatable bonds is 9. The van der Waals surface area contributed by atoms with Crippen LogP contribution in [0.15, 0.2) is 84.0 Å². The van der Waals surface area contributed by atoms with Crippen molar-refractivity contribution in [1.82, 2.24) is 20.1 Å². The number of amides is 2. The topological polar surface area (TPSA) is 86.1 Å². The Morgan fingerprint density at radius 1 is 0.943 bits per heavy atom. The predicted octanol–water partition coefficient (Wildman–Crippen LogP) is 4.62. The molecule has 0 bridgehead atoms. The number of hydrogen-bond donors (Lipinski definition) is 1. The molecule has 0 aliphatic heterocycles. The third-order valence-electron chi connectivity index (χ3n) is 5.13. The van der Waals surface area contributed by atoms with Gasteiger partial charge in [0.15, 0.2) is 11.0 Å². The summed E-state index contributed by atoms with van der Waals surface area (Å²) in [6, 6.07) is 25.0. The van der Waals surface area contributed by atoms with Gasteiger partial charge in [0, 0.05) is 11.3 Å². The molecule has 0 unspecified atom stereocenters. The van der Waals surface area contributed by atoms with E-state index in [-0.39, 0.29) is 24.0 Å². The molecule has 0 radical (unpaired) electrons. The third kappa shape index (κ3) is 6.36. The fourth-order valence-corrected chi connectivity index (χ4v) is 4.32. The van der Waals surface area contributed by atoms with Gasteiger partial charge in [-0.2, -0.15) is 0 Å². The fraction of sp³-hybridized carbons (Fsp3) is 0.185. The summed E-state index contributed by atoms with van der Waals surface area (Å²) >= 11 is 1.23. The molecule has 8 heteroatoms. The lowest BCUT2D eigenvalue weighted by Gasteiger charge is -2.12. The second kappa shape index (κ2) is 11.5. The molecule has 0 aliphatic rings. The van der Waals surface area contributed by atoms with Crippen molar-refractivity contribution < 1.29 is 14.3 Å². The SMILES string of the molecule is CCOc1ccc(-n2c(SCC(=O)NC(=O)Cc3ccccc3)nnc2-c2cccc(C)c2)cc1. The van der Waals surface area contributed by atoms with Gasteiger partial charge < -0.3 is 4.74 Å². The molecule has 4 rings (SSSR count). The zero-order chi connectivity index (χ0) is 24.6. The van der Waals surface area contributed by atoms with Gasteiger partial charge >= 0.3 is 0 Å². The highest BCUT2D eigenvalue weighted by molar-refractivity contribution is 7.99. The molecule has 1 heterocycles. The Morgan fingerprint density at radius 3 is 2.43 bits per heavy atom. The molecule has 35 heavy (non-hydrogen) atoms. The van der Waals surface area contributed by atoms with Gasteiger partial charge in [-0.15, -0.1) is 10.2 Å². The zero-order valence-corrected chi connectivity index (χ0v) is 20.4. The third-order valence-corrected chi connectivity index (χ3v) is 6.06. The molecule has 0 fully saturated rings. The van der Waals surface area contributed by atoms with E-state index in [2.05, 4.69) is 15.5 Å². The van der Waals surface area contributed by atoms with E-state index in [0.29, 0.717) is 17.6 Å². The van der Waals surface area contributed by atoms with Gasteiger partial charge in [-0.05, 0) is 49.7 Å². The van der Waals surface area contributed by atoms with E-state index in [1.807, 2.05) is 97.3 Å². The summed E-state index contributed by atoms with van der Waals surface area (Å²) in [6.45, 7) is 4.54. The van der Waals surface area contributed by atoms with Crippen LogP contribution in [0.25, 0.3) is 17.1 Å². The molecule has 0 saturated heterocycles. The first-order chi connectivity index (χ1) is 17.0. The van der Waals surface area contributed by atoms with E-state index in [1.165, 1.54) is 11.8 Å². The first-order valence-corrected chi connectivity index (χ1v) is 12.3. The highest BCUT2D eigenvalue weighted by Crippen LogP contribution is 2.29. The first-order valence-electron chi connectivity index (χ1n) is 11.3. The van der Waals surface area contributed by atoms with Crippen molar-refractivity contribution in [3.8, 4) is 22.8 Å². The number of hydrogen-bond acceptors (Lipinski definition) is 6. The van der Waals surface area contributed by atoms with Crippen LogP contribution >= 0.6 is 11.8 Å². The fourth-order valence-electron chi connectivity index (χ4n) is 3.57. The summed E-state index contributed by atoms with van der Waals surface area (Å²) in [5.74, 6) is 0.751. The highest BCUT2D eigenvalue weighted by Gasteiger charge is 2.18. The lowest BCUT2D eigenvalue weighted by atomic mass is 10.1. The number of carbonyl (C=O) groups is 2. The Bertz CT molecular complexity index is 1300. The van der Waals surface area contributed by atoms with Crippen LogP contribution in [0.5, 0.6) is 5.75 Å². The number of carbonyl (C=O) groups excluding carboxylic acids is 2. The molecule has 0 atom stereocenters. The number of nitrogens with zero attached hydrogens (tertiary/aromatic N) is 3. The van der Waals surface area contributed by atoms with Crippen molar-refractivity contribution in [2.24, 2.45) is 0 Å². The summed E-state index contributed by atoms with van der Waals surface area (Å²) in [5, 5.41) is 11.8. The molecule has 3 aromatic carbocycles. The Hall–Kier alpha value is -3.91. The molecule has 7 nitrogen and oxygen atoms in total. The summed E-state index contributed by atoms with van der Waals surface area (Å²) in [5.41, 5.74) is 3.72. The average molecular weight is 487 g/mol. The molecular weight excluding hydrogens is 460 g/mol. The predicted molar refractivity (Wildman–Crippen MR) is 137 cm³/mol. The first kappa shape index (κ1) is 24.2. The Labute approximate surface area is 208 Å². The number of benzene rings is 3. The van der Waals surface area contributed by atoms with Gasteiger partial charge in [0.05, 0.1) is 18.8 Å². The molecule has 4 aromatic rings. The maximum atomic E-state index is 12.5. The van der Waals surface area contributed by atoms with Crippen LogP contribution in [-0.2, 0) is 16.0 Å². The molecule has 0 saturated carbocycles. The summed E-state index contributed by atoms with van der Waals surface area (Å²) in [7, 11) is 0. The maximum absolute atomic E-state index is 12.5. The van der Waals surface area contributed by atoms with E-state index in [1.54, 1.807) is 0 Å². The molecule has 0 spiro atoms. The van der Waals surface area contributed by atoms with Crippen LogP contribution in [0.4, 0.5) is 0 Å². The van der Waals surface area contributed by atoms with Crippen molar-refractivity contribution in [2.75, 3.05) is 12.4 Å². The Morgan fingerprint density at radius 2 is 1.71 bits per heavy atom. The van der Waals surface area contributed by atoms with Gasteiger partial charge in [0.25, 0.3) is 0 Å². The Kier molecular flexibility index (Phi) is 7.95. The molecular formula is C27H26N4O3S. The van der Waals surface area contributed by atoms with Crippen LogP contribution in [0.3, 0.4) is 0 Å². The average Bonchev–Trinajstić information content (AvgIpc) is 3.28. The second-order valence-corrected chi connectivity index (χ2v) is 8.80. The largest absolute Gasteiger partial charge is 0.494 e. The van der Waals surface area contributed by atoms with E-state index in [0.717, 1.165) is 28.1 Å². The van der Waals surface area contributed by atoms with E-state index >= 15 is 0 Å². The van der Waals surface area contributed by atoms with Crippen molar-refractivity contribution >= 4 is 23.6 Å². The van der Waals surface area contributed by atoms with Crippen LogP contribution in [0.2, 0.25) is 0 Å². The van der Waals surface area contributed by atoms with Gasteiger partial charge in [-0.3, -0.25) is 19.5 Å². The number of aryl methyl sites for hydroxylation is 1. The van der Waals surface area contributed by atoms with E-state index in [9.17, 15) is 9.59 Å². The van der Waals surface area contributed by atoms with Gasteiger partial charge in [0.1, 0.15) is 5.75 Å². The highest BCUT2D eigenvalue weighted by atomic mass is 32.2. The minimum Gasteiger partial charge on any atom is -0.494 e. The van der Waals surface area contributed by atoms with Gasteiger partial charge in [-0.25, -0.2) is 0 Å². The monoisotopic (exact) mass is 486 g/mol. The van der Waals surface area contributed by atoms with Crippen molar-refractivity contribution in [1.29, 1.82) is 0 Å². The quantitative estimate of drug-likeness (QED) is 0.348. The van der Waals surface area contributed by atoms with Crippen LogP contribution < -0.4 is 10.1 Å². The van der Waals surface area contributed by atoms with Crippen molar-refractivity contribution in [3.05, 3.63) is 90.0 Å². The van der Waals surface area contributed by atoms with Gasteiger partial charge in [0.2, 0.25) is 11.8 Å². The lowest BCUT2D eigenvalue weighted by molar-refractivity contribution is -0.128. The lowest BCUT2D eigenvalue weighted by Crippen LogP contribution is -2.33. The van der Waals surface area contributed by atoms with Crippen LogP contribution in [-0.4, -0.2) is 38.9 Å². The molecule has 1 N–H and O–H groups in total. The second-order valence-electron chi connectivity index (χ2n) is 7.86. The smallest absolute Gasteiger partial charge is 0.237 e. The minimum atomic E-state index is -0.380. The molecule has 178 valence electrons. The molecule has 0 aliphatic carbocycles. The molecule has 1 aromatic heterocycles. The van der Waals surface area contributed by atoms with Crippen molar-refractivity contribution in [3.63, 3.8) is 0 Å². The van der Waals surface area contributed by atoms with E-state index in [4.69, 9.17) is 4.74 Å². The summed E-state index contributed by atoms with van der Waals surface area (Å²) < 4.78 is 7.48. The number of ether oxygens (including phenoxy) is 1.